The summed E-state index contributed by atoms with van der Waals surface area (Å²) in [7, 11) is -4.20. The summed E-state index contributed by atoms with van der Waals surface area (Å²) in [5.74, 6) is -0.205. The Balaban J connectivity index is 2.07. The zero-order valence-electron chi connectivity index (χ0n) is 24.8. The van der Waals surface area contributed by atoms with Gasteiger partial charge >= 0.3 is 0 Å². The fourth-order valence-corrected chi connectivity index (χ4v) is 6.01. The SMILES string of the molecule is CCOc1ccc(N(CC(=O)N(Cc2ccccc2C)C(CC)C(=O)NC(C)CC)S(=O)(=O)c2ccc(Cl)cc2)cc1. The van der Waals surface area contributed by atoms with Gasteiger partial charge in [-0.3, -0.25) is 13.9 Å². The number of anilines is 1. The number of ether oxygens (including phenoxy) is 1. The van der Waals surface area contributed by atoms with E-state index in [-0.39, 0.29) is 29.1 Å². The normalized spacial score (nSPS) is 12.7. The van der Waals surface area contributed by atoms with Gasteiger partial charge in [0.25, 0.3) is 10.0 Å². The van der Waals surface area contributed by atoms with Crippen molar-refractivity contribution in [1.82, 2.24) is 10.2 Å². The molecule has 0 saturated heterocycles. The maximum atomic E-state index is 14.2. The average molecular weight is 614 g/mol. The van der Waals surface area contributed by atoms with Crippen molar-refractivity contribution < 1.29 is 22.7 Å². The zero-order valence-corrected chi connectivity index (χ0v) is 26.4. The van der Waals surface area contributed by atoms with Gasteiger partial charge in [-0.15, -0.1) is 0 Å². The van der Waals surface area contributed by atoms with Gasteiger partial charge in [-0.2, -0.15) is 0 Å². The summed E-state index contributed by atoms with van der Waals surface area (Å²) in [5, 5.41) is 3.38. The molecule has 0 aliphatic rings. The van der Waals surface area contributed by atoms with E-state index in [0.717, 1.165) is 21.9 Å². The smallest absolute Gasteiger partial charge is 0.264 e. The minimum Gasteiger partial charge on any atom is -0.494 e. The number of amides is 2. The highest BCUT2D eigenvalue weighted by molar-refractivity contribution is 7.92. The van der Waals surface area contributed by atoms with E-state index in [1.807, 2.05) is 58.9 Å². The number of aryl methyl sites for hydroxylation is 1. The predicted molar refractivity (Wildman–Crippen MR) is 167 cm³/mol. The molecule has 0 aliphatic heterocycles. The molecular weight excluding hydrogens is 574 g/mol. The van der Waals surface area contributed by atoms with E-state index in [9.17, 15) is 18.0 Å². The van der Waals surface area contributed by atoms with E-state index >= 15 is 0 Å². The van der Waals surface area contributed by atoms with Crippen molar-refractivity contribution in [2.24, 2.45) is 0 Å². The molecule has 8 nitrogen and oxygen atoms in total. The van der Waals surface area contributed by atoms with Crippen molar-refractivity contribution in [2.45, 2.75) is 71.0 Å². The minimum atomic E-state index is -4.20. The molecule has 3 aromatic rings. The first-order valence-electron chi connectivity index (χ1n) is 14.2. The molecule has 2 unspecified atom stereocenters. The fourth-order valence-electron chi connectivity index (χ4n) is 4.47. The number of hydrogen-bond donors (Lipinski definition) is 1. The van der Waals surface area contributed by atoms with Gasteiger partial charge in [0.1, 0.15) is 18.3 Å². The molecule has 0 fully saturated rings. The third-order valence-electron chi connectivity index (χ3n) is 7.11. The van der Waals surface area contributed by atoms with Gasteiger partial charge in [-0.25, -0.2) is 8.42 Å². The fraction of sp³-hybridized carbons (Fsp3) is 0.375. The van der Waals surface area contributed by atoms with Crippen molar-refractivity contribution in [3.63, 3.8) is 0 Å². The Morgan fingerprint density at radius 1 is 0.929 bits per heavy atom. The van der Waals surface area contributed by atoms with Crippen LogP contribution in [0.25, 0.3) is 0 Å². The van der Waals surface area contributed by atoms with E-state index in [1.54, 1.807) is 24.3 Å². The average Bonchev–Trinajstić information content (AvgIpc) is 2.97. The highest BCUT2D eigenvalue weighted by atomic mass is 35.5. The Kier molecular flexibility index (Phi) is 11.8. The third kappa shape index (κ3) is 8.26. The summed E-state index contributed by atoms with van der Waals surface area (Å²) in [6.07, 6.45) is 1.09. The molecule has 42 heavy (non-hydrogen) atoms. The Hall–Kier alpha value is -3.56. The standard InChI is InChI=1S/C32H40ClN3O5S/c1-6-24(5)34-32(38)30(7-2)35(21-25-12-10-9-11-23(25)4)31(37)22-36(27-15-17-28(18-16-27)41-8-3)42(39,40)29-19-13-26(33)14-20-29/h9-20,24,30H,6-8,21-22H2,1-5H3,(H,34,38). The Morgan fingerprint density at radius 3 is 2.14 bits per heavy atom. The summed E-state index contributed by atoms with van der Waals surface area (Å²) in [6, 6.07) is 19.1. The second-order valence-corrected chi connectivity index (χ2v) is 12.4. The summed E-state index contributed by atoms with van der Waals surface area (Å²) >= 11 is 6.03. The maximum absolute atomic E-state index is 14.2. The van der Waals surface area contributed by atoms with Gasteiger partial charge in [-0.05, 0) is 93.3 Å². The van der Waals surface area contributed by atoms with Gasteiger partial charge < -0.3 is 15.0 Å². The summed E-state index contributed by atoms with van der Waals surface area (Å²) in [5.41, 5.74) is 2.12. The molecule has 3 aromatic carbocycles. The van der Waals surface area contributed by atoms with Crippen LogP contribution in [-0.4, -0.2) is 50.4 Å². The van der Waals surface area contributed by atoms with Crippen LogP contribution < -0.4 is 14.4 Å². The van der Waals surface area contributed by atoms with Gasteiger partial charge in [0.05, 0.1) is 17.2 Å². The highest BCUT2D eigenvalue weighted by Crippen LogP contribution is 2.28. The van der Waals surface area contributed by atoms with E-state index < -0.39 is 28.5 Å². The number of sulfonamides is 1. The first-order chi connectivity index (χ1) is 20.0. The number of nitrogens with one attached hydrogen (secondary N) is 1. The van der Waals surface area contributed by atoms with Crippen LogP contribution in [0.15, 0.2) is 77.7 Å². The second-order valence-electron chi connectivity index (χ2n) is 10.1. The largest absolute Gasteiger partial charge is 0.494 e. The molecule has 1 N–H and O–H groups in total. The van der Waals surface area contributed by atoms with Crippen LogP contribution in [0, 0.1) is 6.92 Å². The summed E-state index contributed by atoms with van der Waals surface area (Å²) in [4.78, 5) is 29.1. The van der Waals surface area contributed by atoms with Crippen molar-refractivity contribution in [2.75, 3.05) is 17.5 Å². The van der Waals surface area contributed by atoms with Crippen LogP contribution in [0.5, 0.6) is 5.75 Å². The third-order valence-corrected chi connectivity index (χ3v) is 9.15. The highest BCUT2D eigenvalue weighted by Gasteiger charge is 2.34. The lowest BCUT2D eigenvalue weighted by Gasteiger charge is -2.34. The number of hydrogen-bond acceptors (Lipinski definition) is 5. The molecule has 2 amide bonds. The van der Waals surface area contributed by atoms with Crippen molar-refractivity contribution in [3.05, 3.63) is 88.9 Å². The summed E-state index contributed by atoms with van der Waals surface area (Å²) < 4.78 is 34.6. The Morgan fingerprint density at radius 2 is 1.57 bits per heavy atom. The Bertz CT molecular complexity index is 1450. The Labute approximate surface area is 254 Å². The van der Waals surface area contributed by atoms with Gasteiger partial charge in [0.2, 0.25) is 11.8 Å². The molecule has 10 heteroatoms. The molecule has 0 radical (unpaired) electrons. The van der Waals surface area contributed by atoms with Crippen LogP contribution in [-0.2, 0) is 26.2 Å². The van der Waals surface area contributed by atoms with E-state index in [2.05, 4.69) is 5.32 Å². The molecular formula is C32H40ClN3O5S. The lowest BCUT2D eigenvalue weighted by molar-refractivity contribution is -0.140. The van der Waals surface area contributed by atoms with Crippen LogP contribution >= 0.6 is 11.6 Å². The lowest BCUT2D eigenvalue weighted by atomic mass is 10.1. The van der Waals surface area contributed by atoms with Crippen molar-refractivity contribution in [3.8, 4) is 5.75 Å². The van der Waals surface area contributed by atoms with E-state index in [4.69, 9.17) is 16.3 Å². The minimum absolute atomic E-state index is 0.0133. The first kappa shape index (κ1) is 32.9. The number of nitrogens with zero attached hydrogens (tertiary/aromatic N) is 2. The molecule has 0 saturated carbocycles. The molecule has 0 spiro atoms. The quantitative estimate of drug-likeness (QED) is 0.242. The number of halogens is 1. The van der Waals surface area contributed by atoms with Gasteiger partial charge in [0.15, 0.2) is 0 Å². The van der Waals surface area contributed by atoms with Gasteiger partial charge in [0, 0.05) is 17.6 Å². The lowest BCUT2D eigenvalue weighted by Crippen LogP contribution is -2.53. The van der Waals surface area contributed by atoms with Crippen LogP contribution in [0.2, 0.25) is 5.02 Å². The van der Waals surface area contributed by atoms with Crippen LogP contribution in [0.4, 0.5) is 5.69 Å². The van der Waals surface area contributed by atoms with E-state index in [0.29, 0.717) is 23.8 Å². The molecule has 226 valence electrons. The molecule has 0 heterocycles. The van der Waals surface area contributed by atoms with E-state index in [1.165, 1.54) is 29.2 Å². The van der Waals surface area contributed by atoms with Crippen LogP contribution in [0.3, 0.4) is 0 Å². The molecule has 0 aromatic heterocycles. The van der Waals surface area contributed by atoms with Crippen molar-refractivity contribution >= 4 is 39.1 Å². The summed E-state index contributed by atoms with van der Waals surface area (Å²) in [6.45, 7) is 9.60. The molecule has 0 bridgehead atoms. The monoisotopic (exact) mass is 613 g/mol. The molecule has 2 atom stereocenters. The predicted octanol–water partition coefficient (Wildman–Crippen LogP) is 5.96. The van der Waals surface area contributed by atoms with Gasteiger partial charge in [-0.1, -0.05) is 49.7 Å². The number of carbonyl (C=O) groups excluding carboxylic acids is 2. The molecule has 3 rings (SSSR count). The van der Waals surface area contributed by atoms with Crippen LogP contribution in [0.1, 0.15) is 51.7 Å². The zero-order chi connectivity index (χ0) is 30.9. The second kappa shape index (κ2) is 15.1. The maximum Gasteiger partial charge on any atom is 0.264 e. The number of benzene rings is 3. The van der Waals surface area contributed by atoms with Crippen molar-refractivity contribution in [1.29, 1.82) is 0 Å². The topological polar surface area (TPSA) is 96.0 Å². The number of carbonyl (C=O) groups is 2. The first-order valence-corrected chi connectivity index (χ1v) is 16.0. The number of rotatable bonds is 14. The molecule has 0 aliphatic carbocycles.